The quantitative estimate of drug-likeness (QED) is 0.706. The van der Waals surface area contributed by atoms with Crippen molar-refractivity contribution in [3.63, 3.8) is 0 Å². The highest BCUT2D eigenvalue weighted by Crippen LogP contribution is 2.51. The molecule has 0 bridgehead atoms. The van der Waals surface area contributed by atoms with E-state index in [-0.39, 0.29) is 12.1 Å². The Kier molecular flexibility index (Phi) is 4.07. The van der Waals surface area contributed by atoms with E-state index in [0.29, 0.717) is 0 Å². The third-order valence-corrected chi connectivity index (χ3v) is 6.72. The number of hydrogen-bond acceptors (Lipinski definition) is 1. The Morgan fingerprint density at radius 3 is 1.38 bits per heavy atom. The molecule has 1 heterocycles. The first-order valence-corrected chi connectivity index (χ1v) is 9.78. The molecule has 3 nitrogen and oxygen atoms in total. The fraction of sp³-hybridized carbons (Fsp3) is 0.100. The van der Waals surface area contributed by atoms with Gasteiger partial charge in [0.1, 0.15) is 0 Å². The minimum absolute atomic E-state index is 0.0420. The highest BCUT2D eigenvalue weighted by Gasteiger charge is 2.42. The van der Waals surface area contributed by atoms with Gasteiger partial charge in [0.2, 0.25) is 7.44 Å². The largest absolute Gasteiger partial charge is 0.284 e. The summed E-state index contributed by atoms with van der Waals surface area (Å²) in [6.07, 6.45) is 0. The van der Waals surface area contributed by atoms with Crippen LogP contribution in [0.1, 0.15) is 23.2 Å². The summed E-state index contributed by atoms with van der Waals surface area (Å²) in [5.41, 5.74) is 2.26. The van der Waals surface area contributed by atoms with E-state index in [0.717, 1.165) is 16.4 Å². The minimum Gasteiger partial charge on any atom is -0.284 e. The summed E-state index contributed by atoms with van der Waals surface area (Å²) in [5, 5.41) is 7.60. The number of benzene rings is 3. The Labute approximate surface area is 142 Å². The van der Waals surface area contributed by atoms with Crippen molar-refractivity contribution in [2.45, 2.75) is 12.1 Å². The third kappa shape index (κ3) is 2.83. The van der Waals surface area contributed by atoms with E-state index < -0.39 is 7.44 Å². The lowest BCUT2D eigenvalue weighted by Crippen LogP contribution is -2.19. The van der Waals surface area contributed by atoms with E-state index in [1.807, 2.05) is 66.7 Å². The second kappa shape index (κ2) is 6.37. The molecule has 0 amide bonds. The first-order valence-electron chi connectivity index (χ1n) is 8.07. The molecular weight excluding hydrogens is 315 g/mol. The Morgan fingerprint density at radius 2 is 0.958 bits per heavy atom. The van der Waals surface area contributed by atoms with E-state index in [1.165, 1.54) is 0 Å². The van der Waals surface area contributed by atoms with Crippen LogP contribution >= 0.6 is 7.44 Å². The topological polar surface area (TPSA) is 41.1 Å². The highest BCUT2D eigenvalue weighted by molar-refractivity contribution is 7.68. The lowest BCUT2D eigenvalue weighted by atomic mass is 9.95. The molecule has 1 fully saturated rings. The standard InChI is InChI=1S/C20H19N2OP/c23-24(18-14-8-3-9-15-18)21-19(16-10-4-1-5-11-16)20(22-24)17-12-6-2-7-13-17/h1-15,19-20H,(H2,21,22,23)/t19-,20-/m0/s1. The summed E-state index contributed by atoms with van der Waals surface area (Å²) >= 11 is 0. The SMILES string of the molecule is O=P1(c2ccccc2)N[C@@H](c2ccccc2)[C@H](c2ccccc2)N1. The molecule has 120 valence electrons. The van der Waals surface area contributed by atoms with Crippen molar-refractivity contribution >= 4 is 12.7 Å². The monoisotopic (exact) mass is 334 g/mol. The van der Waals surface area contributed by atoms with Crippen LogP contribution in [0.15, 0.2) is 91.0 Å². The van der Waals surface area contributed by atoms with E-state index in [9.17, 15) is 4.57 Å². The molecule has 1 saturated heterocycles. The summed E-state index contributed by atoms with van der Waals surface area (Å²) in [7, 11) is -2.87. The predicted molar refractivity (Wildman–Crippen MR) is 98.3 cm³/mol. The van der Waals surface area contributed by atoms with Crippen LogP contribution in [0.3, 0.4) is 0 Å². The molecule has 4 heteroatoms. The molecule has 0 spiro atoms. The maximum absolute atomic E-state index is 13.6. The van der Waals surface area contributed by atoms with Gasteiger partial charge in [0.25, 0.3) is 0 Å². The lowest BCUT2D eigenvalue weighted by molar-refractivity contribution is 0.554. The van der Waals surface area contributed by atoms with E-state index in [4.69, 9.17) is 0 Å². The molecule has 24 heavy (non-hydrogen) atoms. The molecule has 0 aliphatic carbocycles. The van der Waals surface area contributed by atoms with Crippen LogP contribution in [-0.4, -0.2) is 0 Å². The smallest absolute Gasteiger partial charge is 0.241 e. The van der Waals surface area contributed by atoms with Gasteiger partial charge in [-0.1, -0.05) is 78.9 Å². The van der Waals surface area contributed by atoms with Crippen LogP contribution in [0.4, 0.5) is 0 Å². The first kappa shape index (κ1) is 15.3. The zero-order chi connectivity index (χ0) is 16.4. The second-order valence-corrected chi connectivity index (χ2v) is 8.23. The lowest BCUT2D eigenvalue weighted by Gasteiger charge is -2.19. The summed E-state index contributed by atoms with van der Waals surface area (Å²) in [6.45, 7) is 0. The molecule has 3 aromatic rings. The first-order chi connectivity index (χ1) is 11.8. The molecule has 0 saturated carbocycles. The van der Waals surface area contributed by atoms with Gasteiger partial charge in [0.05, 0.1) is 12.1 Å². The Balaban J connectivity index is 1.77. The second-order valence-electron chi connectivity index (χ2n) is 5.98. The third-order valence-electron chi connectivity index (χ3n) is 4.41. The average molecular weight is 334 g/mol. The van der Waals surface area contributed by atoms with Gasteiger partial charge in [0.15, 0.2) is 0 Å². The van der Waals surface area contributed by atoms with Gasteiger partial charge >= 0.3 is 0 Å². The number of rotatable bonds is 3. The van der Waals surface area contributed by atoms with Crippen molar-refractivity contribution in [1.29, 1.82) is 0 Å². The molecule has 0 unspecified atom stereocenters. The normalized spacial score (nSPS) is 22.3. The molecule has 4 rings (SSSR count). The van der Waals surface area contributed by atoms with Crippen LogP contribution in [0.5, 0.6) is 0 Å². The summed E-state index contributed by atoms with van der Waals surface area (Å²) < 4.78 is 13.6. The predicted octanol–water partition coefficient (Wildman–Crippen LogP) is 4.18. The molecule has 2 N–H and O–H groups in total. The fourth-order valence-corrected chi connectivity index (χ4v) is 5.56. The van der Waals surface area contributed by atoms with E-state index in [2.05, 4.69) is 34.4 Å². The van der Waals surface area contributed by atoms with Gasteiger partial charge in [-0.2, -0.15) is 0 Å². The van der Waals surface area contributed by atoms with E-state index in [1.54, 1.807) is 0 Å². The minimum atomic E-state index is -2.87. The summed E-state index contributed by atoms with van der Waals surface area (Å²) in [5.74, 6) is 0. The maximum Gasteiger partial charge on any atom is 0.241 e. The van der Waals surface area contributed by atoms with Gasteiger partial charge in [-0.25, -0.2) is 10.2 Å². The molecule has 1 aliphatic heterocycles. The average Bonchev–Trinajstić information content (AvgIpc) is 3.03. The van der Waals surface area contributed by atoms with Crippen LogP contribution in [-0.2, 0) is 4.57 Å². The molecule has 2 atom stereocenters. The highest BCUT2D eigenvalue weighted by atomic mass is 31.2. The number of nitrogens with one attached hydrogen (secondary N) is 2. The van der Waals surface area contributed by atoms with Gasteiger partial charge in [0, 0.05) is 5.30 Å². The summed E-state index contributed by atoms with van der Waals surface area (Å²) in [4.78, 5) is 0. The van der Waals surface area contributed by atoms with Crippen molar-refractivity contribution in [2.75, 3.05) is 0 Å². The fourth-order valence-electron chi connectivity index (χ4n) is 3.22. The van der Waals surface area contributed by atoms with Gasteiger partial charge in [-0.05, 0) is 23.3 Å². The van der Waals surface area contributed by atoms with Crippen molar-refractivity contribution in [3.8, 4) is 0 Å². The molecule has 1 aliphatic rings. The van der Waals surface area contributed by atoms with Gasteiger partial charge in [-0.15, -0.1) is 0 Å². The number of hydrogen-bond donors (Lipinski definition) is 2. The van der Waals surface area contributed by atoms with E-state index >= 15 is 0 Å². The molecule has 0 radical (unpaired) electrons. The van der Waals surface area contributed by atoms with Crippen LogP contribution in [0, 0.1) is 0 Å². The van der Waals surface area contributed by atoms with Crippen molar-refractivity contribution in [1.82, 2.24) is 10.2 Å². The van der Waals surface area contributed by atoms with Crippen LogP contribution in [0.2, 0.25) is 0 Å². The Hall–Kier alpha value is -2.19. The zero-order valence-electron chi connectivity index (χ0n) is 13.2. The van der Waals surface area contributed by atoms with Crippen molar-refractivity contribution in [3.05, 3.63) is 102 Å². The Bertz CT molecular complexity index is 801. The Morgan fingerprint density at radius 1 is 0.583 bits per heavy atom. The van der Waals surface area contributed by atoms with Crippen LogP contribution < -0.4 is 15.5 Å². The van der Waals surface area contributed by atoms with Gasteiger partial charge < -0.3 is 0 Å². The maximum atomic E-state index is 13.6. The van der Waals surface area contributed by atoms with Crippen molar-refractivity contribution < 1.29 is 4.57 Å². The molecular formula is C20H19N2OP. The van der Waals surface area contributed by atoms with Crippen molar-refractivity contribution in [2.24, 2.45) is 0 Å². The van der Waals surface area contributed by atoms with Gasteiger partial charge in [-0.3, -0.25) is 4.57 Å². The summed E-state index contributed by atoms with van der Waals surface area (Å²) in [6, 6.07) is 29.9. The molecule has 3 aromatic carbocycles. The molecule has 0 aromatic heterocycles. The zero-order valence-corrected chi connectivity index (χ0v) is 14.1. The van der Waals surface area contributed by atoms with Crippen LogP contribution in [0.25, 0.3) is 0 Å².